The van der Waals surface area contributed by atoms with Crippen molar-refractivity contribution < 1.29 is 14.6 Å². The summed E-state index contributed by atoms with van der Waals surface area (Å²) < 4.78 is 10.2. The summed E-state index contributed by atoms with van der Waals surface area (Å²) in [5.74, 6) is 0.893. The summed E-state index contributed by atoms with van der Waals surface area (Å²) in [7, 11) is 3.29. The Labute approximate surface area is 103 Å². The van der Waals surface area contributed by atoms with E-state index in [9.17, 15) is 0 Å². The van der Waals surface area contributed by atoms with Crippen LogP contribution < -0.4 is 10.1 Å². The molecule has 2 N–H and O–H groups in total. The van der Waals surface area contributed by atoms with E-state index in [1.165, 1.54) is 0 Å². The van der Waals surface area contributed by atoms with Gasteiger partial charge in [-0.1, -0.05) is 12.1 Å². The average molecular weight is 239 g/mol. The number of hydrogen-bond acceptors (Lipinski definition) is 4. The van der Waals surface area contributed by atoms with Gasteiger partial charge in [-0.05, 0) is 24.1 Å². The van der Waals surface area contributed by atoms with Gasteiger partial charge in [0, 0.05) is 13.7 Å². The monoisotopic (exact) mass is 239 g/mol. The molecule has 0 spiro atoms. The molecule has 0 aromatic heterocycles. The molecule has 0 saturated carbocycles. The second-order valence-corrected chi connectivity index (χ2v) is 4.02. The van der Waals surface area contributed by atoms with Gasteiger partial charge < -0.3 is 19.9 Å². The van der Waals surface area contributed by atoms with Gasteiger partial charge >= 0.3 is 0 Å². The van der Waals surface area contributed by atoms with Crippen LogP contribution >= 0.6 is 0 Å². The summed E-state index contributed by atoms with van der Waals surface area (Å²) in [5, 5.41) is 12.3. The van der Waals surface area contributed by atoms with Crippen molar-refractivity contribution in [2.75, 3.05) is 27.4 Å². The first-order valence-corrected chi connectivity index (χ1v) is 5.68. The van der Waals surface area contributed by atoms with Crippen LogP contribution in [-0.2, 0) is 11.3 Å². The molecule has 0 heterocycles. The first-order valence-electron chi connectivity index (χ1n) is 5.68. The summed E-state index contributed by atoms with van der Waals surface area (Å²) in [6.07, 6.45) is 0. The number of rotatable bonds is 7. The molecular weight excluding hydrogens is 218 g/mol. The predicted molar refractivity (Wildman–Crippen MR) is 67.3 cm³/mol. The first-order chi connectivity index (χ1) is 8.21. The normalized spacial score (nSPS) is 12.5. The number of nitrogens with one attached hydrogen (secondary N) is 1. The minimum absolute atomic E-state index is 0.0255. The molecule has 0 amide bonds. The zero-order valence-corrected chi connectivity index (χ0v) is 10.7. The molecule has 4 nitrogen and oxygen atoms in total. The van der Waals surface area contributed by atoms with Gasteiger partial charge in [-0.15, -0.1) is 0 Å². The van der Waals surface area contributed by atoms with E-state index < -0.39 is 0 Å². The van der Waals surface area contributed by atoms with E-state index in [1.54, 1.807) is 14.2 Å². The maximum absolute atomic E-state index is 9.11. The Morgan fingerprint density at radius 1 is 1.35 bits per heavy atom. The third kappa shape index (κ3) is 4.34. The highest BCUT2D eigenvalue weighted by Gasteiger charge is 2.06. The highest BCUT2D eigenvalue weighted by Crippen LogP contribution is 2.18. The molecule has 0 aliphatic heterocycles. The third-order valence-electron chi connectivity index (χ3n) is 2.64. The number of aliphatic hydroxyl groups excluding tert-OH is 1. The molecule has 96 valence electrons. The van der Waals surface area contributed by atoms with Crippen molar-refractivity contribution >= 4 is 0 Å². The second kappa shape index (κ2) is 7.27. The maximum Gasteiger partial charge on any atom is 0.121 e. The van der Waals surface area contributed by atoms with Crippen molar-refractivity contribution in [3.05, 3.63) is 29.3 Å². The smallest absolute Gasteiger partial charge is 0.121 e. The number of ether oxygens (including phenoxy) is 2. The van der Waals surface area contributed by atoms with Gasteiger partial charge in [0.2, 0.25) is 0 Å². The highest BCUT2D eigenvalue weighted by atomic mass is 16.5. The molecule has 1 aromatic rings. The second-order valence-electron chi connectivity index (χ2n) is 4.02. The molecule has 1 atom stereocenters. The maximum atomic E-state index is 9.11. The predicted octanol–water partition coefficient (Wildman–Crippen LogP) is 1.10. The largest absolute Gasteiger partial charge is 0.496 e. The minimum atomic E-state index is -0.0255. The fourth-order valence-corrected chi connectivity index (χ4v) is 1.69. The Morgan fingerprint density at radius 2 is 2.12 bits per heavy atom. The molecule has 4 heteroatoms. The molecular formula is C13H21NO3. The number of methoxy groups -OCH3 is 2. The number of hydrogen-bond donors (Lipinski definition) is 2. The SMILES string of the molecule is COCC(CO)NCc1ccc(OC)c(C)c1. The van der Waals surface area contributed by atoms with Crippen LogP contribution in [0.5, 0.6) is 5.75 Å². The summed E-state index contributed by atoms with van der Waals surface area (Å²) in [6, 6.07) is 6.02. The van der Waals surface area contributed by atoms with E-state index in [2.05, 4.69) is 11.4 Å². The van der Waals surface area contributed by atoms with E-state index in [0.29, 0.717) is 13.2 Å². The van der Waals surface area contributed by atoms with Gasteiger partial charge in [0.05, 0.1) is 26.4 Å². The average Bonchev–Trinajstić information content (AvgIpc) is 2.34. The summed E-state index contributed by atoms with van der Waals surface area (Å²) in [5.41, 5.74) is 2.27. The van der Waals surface area contributed by atoms with Crippen molar-refractivity contribution in [2.24, 2.45) is 0 Å². The minimum Gasteiger partial charge on any atom is -0.496 e. The Hall–Kier alpha value is -1.10. The molecule has 1 unspecified atom stereocenters. The third-order valence-corrected chi connectivity index (χ3v) is 2.64. The van der Waals surface area contributed by atoms with Gasteiger partial charge in [0.15, 0.2) is 0 Å². The Kier molecular flexibility index (Phi) is 5.97. The fraction of sp³-hybridized carbons (Fsp3) is 0.538. The van der Waals surface area contributed by atoms with Crippen LogP contribution in [-0.4, -0.2) is 38.6 Å². The number of benzene rings is 1. The molecule has 0 aliphatic carbocycles. The zero-order chi connectivity index (χ0) is 12.7. The van der Waals surface area contributed by atoms with Crippen LogP contribution in [0.4, 0.5) is 0 Å². The Balaban J connectivity index is 2.54. The van der Waals surface area contributed by atoms with Crippen LogP contribution in [0.15, 0.2) is 18.2 Å². The Morgan fingerprint density at radius 3 is 2.65 bits per heavy atom. The van der Waals surface area contributed by atoms with Crippen LogP contribution in [0.2, 0.25) is 0 Å². The lowest BCUT2D eigenvalue weighted by Crippen LogP contribution is -2.35. The fourth-order valence-electron chi connectivity index (χ4n) is 1.69. The van der Waals surface area contributed by atoms with E-state index in [1.807, 2.05) is 19.1 Å². The number of aryl methyl sites for hydroxylation is 1. The molecule has 0 bridgehead atoms. The van der Waals surface area contributed by atoms with E-state index in [-0.39, 0.29) is 12.6 Å². The summed E-state index contributed by atoms with van der Waals surface area (Å²) in [4.78, 5) is 0. The number of aliphatic hydroxyl groups is 1. The van der Waals surface area contributed by atoms with Crippen molar-refractivity contribution in [3.8, 4) is 5.75 Å². The topological polar surface area (TPSA) is 50.7 Å². The molecule has 0 radical (unpaired) electrons. The van der Waals surface area contributed by atoms with Crippen molar-refractivity contribution in [2.45, 2.75) is 19.5 Å². The van der Waals surface area contributed by atoms with E-state index in [0.717, 1.165) is 16.9 Å². The van der Waals surface area contributed by atoms with Gasteiger partial charge in [-0.3, -0.25) is 0 Å². The first kappa shape index (κ1) is 14.0. The van der Waals surface area contributed by atoms with E-state index >= 15 is 0 Å². The molecule has 0 fully saturated rings. The van der Waals surface area contributed by atoms with Gasteiger partial charge in [-0.25, -0.2) is 0 Å². The molecule has 1 aromatic carbocycles. The Bertz CT molecular complexity index is 341. The van der Waals surface area contributed by atoms with Crippen molar-refractivity contribution in [3.63, 3.8) is 0 Å². The molecule has 1 rings (SSSR count). The van der Waals surface area contributed by atoms with Crippen LogP contribution in [0.1, 0.15) is 11.1 Å². The molecule has 0 aliphatic rings. The standard InChI is InChI=1S/C13H21NO3/c1-10-6-11(4-5-13(10)17-3)7-14-12(8-15)9-16-2/h4-6,12,14-15H,7-9H2,1-3H3. The quantitative estimate of drug-likeness (QED) is 0.748. The van der Waals surface area contributed by atoms with Gasteiger partial charge in [0.1, 0.15) is 5.75 Å². The molecule has 17 heavy (non-hydrogen) atoms. The summed E-state index contributed by atoms with van der Waals surface area (Å²) >= 11 is 0. The van der Waals surface area contributed by atoms with Crippen molar-refractivity contribution in [1.82, 2.24) is 5.32 Å². The van der Waals surface area contributed by atoms with Crippen LogP contribution in [0, 0.1) is 6.92 Å². The zero-order valence-electron chi connectivity index (χ0n) is 10.7. The van der Waals surface area contributed by atoms with E-state index in [4.69, 9.17) is 14.6 Å². The lowest BCUT2D eigenvalue weighted by Gasteiger charge is -2.15. The van der Waals surface area contributed by atoms with Gasteiger partial charge in [-0.2, -0.15) is 0 Å². The van der Waals surface area contributed by atoms with Crippen LogP contribution in [0.25, 0.3) is 0 Å². The molecule has 0 saturated heterocycles. The van der Waals surface area contributed by atoms with Crippen molar-refractivity contribution in [1.29, 1.82) is 0 Å². The van der Waals surface area contributed by atoms with Gasteiger partial charge in [0.25, 0.3) is 0 Å². The lowest BCUT2D eigenvalue weighted by atomic mass is 10.1. The lowest BCUT2D eigenvalue weighted by molar-refractivity contribution is 0.128. The van der Waals surface area contributed by atoms with Crippen LogP contribution in [0.3, 0.4) is 0 Å². The summed E-state index contributed by atoms with van der Waals surface area (Å²) in [6.45, 7) is 3.30. The highest BCUT2D eigenvalue weighted by molar-refractivity contribution is 5.36.